The van der Waals surface area contributed by atoms with Gasteiger partial charge in [-0.15, -0.1) is 0 Å². The van der Waals surface area contributed by atoms with Gasteiger partial charge in [-0.3, -0.25) is 0 Å². The van der Waals surface area contributed by atoms with E-state index in [0.717, 1.165) is 11.8 Å². The van der Waals surface area contributed by atoms with Gasteiger partial charge in [-0.05, 0) is 55.6 Å². The lowest BCUT2D eigenvalue weighted by atomic mass is 9.88. The number of fused-ring (bicyclic) bond motifs is 7. The van der Waals surface area contributed by atoms with Gasteiger partial charge in [-0.25, -0.2) is 0 Å². The Hall–Kier alpha value is -1.69. The highest BCUT2D eigenvalue weighted by Crippen LogP contribution is 2.69. The highest BCUT2D eigenvalue weighted by atomic mass is 79.9. The van der Waals surface area contributed by atoms with Crippen molar-refractivity contribution in [3.8, 4) is 11.1 Å². The number of rotatable bonds is 4. The summed E-state index contributed by atoms with van der Waals surface area (Å²) < 4.78 is 0. The average molecular weight is 505 g/mol. The van der Waals surface area contributed by atoms with Crippen LogP contribution in [0.5, 0.6) is 0 Å². The minimum atomic E-state index is -1.17. The van der Waals surface area contributed by atoms with E-state index in [0.29, 0.717) is 0 Å². The summed E-state index contributed by atoms with van der Waals surface area (Å²) in [7, 11) is -1.17. The first kappa shape index (κ1) is 23.5. The second kappa shape index (κ2) is 9.28. The molecule has 2 heteroatoms. The third kappa shape index (κ3) is 4.27. The lowest BCUT2D eigenvalue weighted by Crippen LogP contribution is -3.00. The van der Waals surface area contributed by atoms with E-state index in [1.807, 2.05) is 0 Å². The molecule has 0 atom stereocenters. The molecule has 0 unspecified atom stereocenters. The fraction of sp³-hybridized carbons (Fsp3) is 0.333. The molecule has 0 bridgehead atoms. The Labute approximate surface area is 204 Å². The van der Waals surface area contributed by atoms with E-state index in [-0.39, 0.29) is 17.0 Å². The van der Waals surface area contributed by atoms with Gasteiger partial charge in [0.05, 0.1) is 24.6 Å². The van der Waals surface area contributed by atoms with Crippen molar-refractivity contribution in [3.05, 3.63) is 83.9 Å². The molecule has 0 spiro atoms. The van der Waals surface area contributed by atoms with E-state index < -0.39 is 7.26 Å². The molecule has 4 aromatic carbocycles. The summed E-state index contributed by atoms with van der Waals surface area (Å²) in [6.07, 6.45) is 5.35. The van der Waals surface area contributed by atoms with Gasteiger partial charge in [0, 0.05) is 7.26 Å². The maximum absolute atomic E-state index is 2.46. The minimum absolute atomic E-state index is 0. The molecular weight excluding hydrogens is 471 g/mol. The first-order chi connectivity index (χ1) is 15.0. The Bertz CT molecular complexity index is 1160. The zero-order valence-electron chi connectivity index (χ0n) is 19.7. The van der Waals surface area contributed by atoms with Crippen LogP contribution in [0.2, 0.25) is 0 Å². The summed E-state index contributed by atoms with van der Waals surface area (Å²) in [5.41, 5.74) is 6.20. The second-order valence-corrected chi connectivity index (χ2v) is 14.5. The summed E-state index contributed by atoms with van der Waals surface area (Å²) >= 11 is 0. The zero-order chi connectivity index (χ0) is 21.6. The molecule has 0 N–H and O–H groups in total. The van der Waals surface area contributed by atoms with Crippen LogP contribution >= 0.6 is 7.26 Å². The maximum Gasteiger partial charge on any atom is 0.0852 e. The topological polar surface area (TPSA) is 0 Å². The largest absolute Gasteiger partial charge is 1.00 e. The summed E-state index contributed by atoms with van der Waals surface area (Å²) in [5, 5.41) is 5.57. The molecule has 0 saturated heterocycles. The monoisotopic (exact) mass is 504 g/mol. The Kier molecular flexibility index (Phi) is 6.81. The van der Waals surface area contributed by atoms with E-state index in [1.165, 1.54) is 57.3 Å². The van der Waals surface area contributed by atoms with Crippen molar-refractivity contribution < 1.29 is 17.0 Å². The fourth-order valence-corrected chi connectivity index (χ4v) is 12.0. The number of hydrogen-bond donors (Lipinski definition) is 0. The highest BCUT2D eigenvalue weighted by molar-refractivity contribution is 7.74. The van der Waals surface area contributed by atoms with Crippen LogP contribution < -0.4 is 17.0 Å². The Morgan fingerprint density at radius 3 is 1.41 bits per heavy atom. The van der Waals surface area contributed by atoms with Gasteiger partial charge in [0.25, 0.3) is 0 Å². The van der Waals surface area contributed by atoms with E-state index in [1.54, 1.807) is 11.1 Å². The SMILES string of the molecule is CC(C)C[P+]1(CC(C)C)Cc2ccc3ccccc3c2-c2c(ccc3ccccc23)C1.[Br-]. The molecule has 5 rings (SSSR count). The lowest BCUT2D eigenvalue weighted by Gasteiger charge is -2.30. The molecule has 0 nitrogen and oxygen atoms in total. The second-order valence-electron chi connectivity index (χ2n) is 10.5. The first-order valence-electron chi connectivity index (χ1n) is 11.8. The average Bonchev–Trinajstić information content (AvgIpc) is 2.86. The van der Waals surface area contributed by atoms with Crippen molar-refractivity contribution in [2.45, 2.75) is 40.0 Å². The fourth-order valence-electron chi connectivity index (χ4n) is 6.15. The van der Waals surface area contributed by atoms with Gasteiger partial charge in [-0.2, -0.15) is 0 Å². The minimum Gasteiger partial charge on any atom is -1.00 e. The number of benzene rings is 4. The Morgan fingerprint density at radius 2 is 1.00 bits per heavy atom. The van der Waals surface area contributed by atoms with Crippen LogP contribution in [0.3, 0.4) is 0 Å². The van der Waals surface area contributed by atoms with E-state index in [9.17, 15) is 0 Å². The van der Waals surface area contributed by atoms with Crippen molar-refractivity contribution >= 4 is 28.8 Å². The molecule has 32 heavy (non-hydrogen) atoms. The van der Waals surface area contributed by atoms with Gasteiger partial charge in [0.1, 0.15) is 0 Å². The molecule has 1 aliphatic heterocycles. The van der Waals surface area contributed by atoms with Gasteiger partial charge < -0.3 is 17.0 Å². The molecule has 0 aromatic heterocycles. The van der Waals surface area contributed by atoms with Crippen LogP contribution in [0.4, 0.5) is 0 Å². The van der Waals surface area contributed by atoms with Crippen molar-refractivity contribution in [1.29, 1.82) is 0 Å². The molecule has 0 saturated carbocycles. The molecule has 0 amide bonds. The van der Waals surface area contributed by atoms with Crippen LogP contribution in [0.15, 0.2) is 72.8 Å². The van der Waals surface area contributed by atoms with E-state index in [2.05, 4.69) is 100 Å². The molecule has 0 aliphatic carbocycles. The third-order valence-corrected chi connectivity index (χ3v) is 11.8. The molecule has 4 aromatic rings. The highest BCUT2D eigenvalue weighted by Gasteiger charge is 2.43. The zero-order valence-corrected chi connectivity index (χ0v) is 22.2. The van der Waals surface area contributed by atoms with Crippen LogP contribution in [-0.4, -0.2) is 12.3 Å². The molecule has 1 heterocycles. The summed E-state index contributed by atoms with van der Waals surface area (Å²) in [5.74, 6) is 1.50. The Morgan fingerprint density at radius 1 is 0.594 bits per heavy atom. The lowest BCUT2D eigenvalue weighted by molar-refractivity contribution is -0.00000668. The van der Waals surface area contributed by atoms with Crippen molar-refractivity contribution in [2.24, 2.45) is 11.8 Å². The van der Waals surface area contributed by atoms with Crippen molar-refractivity contribution in [2.75, 3.05) is 12.3 Å². The maximum atomic E-state index is 2.46. The van der Waals surface area contributed by atoms with Crippen LogP contribution in [0.25, 0.3) is 32.7 Å². The van der Waals surface area contributed by atoms with Gasteiger partial charge >= 0.3 is 0 Å². The van der Waals surface area contributed by atoms with Crippen molar-refractivity contribution in [1.82, 2.24) is 0 Å². The molecular formula is C30H34BrP. The number of hydrogen-bond acceptors (Lipinski definition) is 0. The van der Waals surface area contributed by atoms with Crippen molar-refractivity contribution in [3.63, 3.8) is 0 Å². The first-order valence-corrected chi connectivity index (χ1v) is 14.4. The normalized spacial score (nSPS) is 14.8. The van der Waals surface area contributed by atoms with Crippen LogP contribution in [0, 0.1) is 11.8 Å². The quantitative estimate of drug-likeness (QED) is 0.298. The van der Waals surface area contributed by atoms with Gasteiger partial charge in [-0.1, -0.05) is 100 Å². The van der Waals surface area contributed by atoms with Gasteiger partial charge in [0.15, 0.2) is 0 Å². The predicted molar refractivity (Wildman–Crippen MR) is 141 cm³/mol. The molecule has 0 radical (unpaired) electrons. The smallest absolute Gasteiger partial charge is 0.0852 e. The standard InChI is InChI=1S/C30H34P.BrH/c1-21(2)17-31(18-22(3)4)19-25-15-13-23-9-5-7-11-27(23)29(25)30-26(20-31)16-14-24-10-6-8-12-28(24)30;/h5-16,21-22H,17-20H2,1-4H3;1H/q+1;/p-1. The van der Waals surface area contributed by atoms with E-state index >= 15 is 0 Å². The predicted octanol–water partition coefficient (Wildman–Crippen LogP) is 6.01. The van der Waals surface area contributed by atoms with Crippen LogP contribution in [-0.2, 0) is 12.3 Å². The van der Waals surface area contributed by atoms with E-state index in [4.69, 9.17) is 0 Å². The van der Waals surface area contributed by atoms with Crippen LogP contribution in [0.1, 0.15) is 38.8 Å². The summed E-state index contributed by atoms with van der Waals surface area (Å²) in [6, 6.07) is 27.7. The summed E-state index contributed by atoms with van der Waals surface area (Å²) in [6.45, 7) is 9.70. The van der Waals surface area contributed by atoms with Gasteiger partial charge in [0.2, 0.25) is 0 Å². The molecule has 0 fully saturated rings. The molecule has 166 valence electrons. The third-order valence-electron chi connectivity index (χ3n) is 6.80. The number of halogens is 1. The summed E-state index contributed by atoms with van der Waals surface area (Å²) in [4.78, 5) is 0. The molecule has 1 aliphatic rings. The Balaban J connectivity index is 0.00000245.